The number of carbonyl (C=O) groups is 2. The van der Waals surface area contributed by atoms with E-state index in [4.69, 9.17) is 9.47 Å². The van der Waals surface area contributed by atoms with Gasteiger partial charge in [0.15, 0.2) is 5.41 Å². The normalized spacial score (nSPS) is 23.3. The highest BCUT2D eigenvalue weighted by Crippen LogP contribution is 2.46. The van der Waals surface area contributed by atoms with Gasteiger partial charge in [0.25, 0.3) is 0 Å². The molecule has 0 aromatic carbocycles. The Morgan fingerprint density at radius 2 is 1.80 bits per heavy atom. The van der Waals surface area contributed by atoms with E-state index in [-0.39, 0.29) is 19.1 Å². The van der Waals surface area contributed by atoms with Crippen LogP contribution in [0.25, 0.3) is 0 Å². The van der Waals surface area contributed by atoms with E-state index in [1.165, 1.54) is 0 Å². The smallest absolute Gasteiger partial charge is 0.323 e. The zero-order valence-corrected chi connectivity index (χ0v) is 16.0. The fraction of sp³-hybridized carbons (Fsp3) is 0.619. The lowest BCUT2D eigenvalue weighted by atomic mass is 9.64. The highest BCUT2D eigenvalue weighted by atomic mass is 16.6. The van der Waals surface area contributed by atoms with Gasteiger partial charge < -0.3 is 9.47 Å². The molecular weight excluding hydrogens is 316 g/mol. The summed E-state index contributed by atoms with van der Waals surface area (Å²) in [5.74, 6) is -0.424. The number of allylic oxidation sites excluding steroid dienone is 5. The van der Waals surface area contributed by atoms with Crippen molar-refractivity contribution in [1.29, 1.82) is 0 Å². The van der Waals surface area contributed by atoms with Crippen LogP contribution < -0.4 is 0 Å². The molecule has 0 heterocycles. The van der Waals surface area contributed by atoms with Gasteiger partial charge in [0.05, 0.1) is 13.2 Å². The predicted octanol–water partition coefficient (Wildman–Crippen LogP) is 4.61. The Balaban J connectivity index is 3.22. The van der Waals surface area contributed by atoms with Crippen LogP contribution >= 0.6 is 0 Å². The van der Waals surface area contributed by atoms with Gasteiger partial charge in [-0.3, -0.25) is 9.59 Å². The van der Waals surface area contributed by atoms with Crippen molar-refractivity contribution >= 4 is 11.9 Å². The van der Waals surface area contributed by atoms with Crippen LogP contribution in [0.5, 0.6) is 0 Å². The van der Waals surface area contributed by atoms with Gasteiger partial charge in [-0.05, 0) is 65.2 Å². The van der Waals surface area contributed by atoms with Crippen LogP contribution in [0.3, 0.4) is 0 Å². The Morgan fingerprint density at radius 3 is 2.28 bits per heavy atom. The number of rotatable bonds is 8. The lowest BCUT2D eigenvalue weighted by Gasteiger charge is -2.40. The molecule has 1 saturated carbocycles. The van der Waals surface area contributed by atoms with Crippen molar-refractivity contribution in [3.63, 3.8) is 0 Å². The van der Waals surface area contributed by atoms with Gasteiger partial charge in [0, 0.05) is 0 Å². The molecule has 0 aliphatic heterocycles. The Bertz CT molecular complexity index is 512. The first kappa shape index (κ1) is 21.2. The summed E-state index contributed by atoms with van der Waals surface area (Å²) in [6, 6.07) is 0. The highest BCUT2D eigenvalue weighted by molar-refractivity contribution is 6.00. The summed E-state index contributed by atoms with van der Waals surface area (Å²) in [7, 11) is 0. The third-order valence-electron chi connectivity index (χ3n) is 4.84. The maximum absolute atomic E-state index is 12.7. The van der Waals surface area contributed by atoms with E-state index in [1.54, 1.807) is 13.8 Å². The van der Waals surface area contributed by atoms with Gasteiger partial charge in [-0.15, -0.1) is 6.58 Å². The van der Waals surface area contributed by atoms with Crippen LogP contribution in [0.2, 0.25) is 0 Å². The van der Waals surface area contributed by atoms with Crippen molar-refractivity contribution in [2.45, 2.75) is 53.4 Å². The SMILES string of the molecule is C=CC[C@@H]1CCC(C(=O)OCC)(C(=O)OCC)C[C@H]1/C=C(C)/C=C/C. The summed E-state index contributed by atoms with van der Waals surface area (Å²) in [4.78, 5) is 25.4. The molecule has 4 heteroatoms. The quantitative estimate of drug-likeness (QED) is 0.278. The largest absolute Gasteiger partial charge is 0.465 e. The van der Waals surface area contributed by atoms with Crippen molar-refractivity contribution in [3.8, 4) is 0 Å². The highest BCUT2D eigenvalue weighted by Gasteiger charge is 2.53. The molecule has 0 unspecified atom stereocenters. The first-order valence-electron chi connectivity index (χ1n) is 9.21. The van der Waals surface area contributed by atoms with E-state index in [0.717, 1.165) is 18.4 Å². The second-order valence-electron chi connectivity index (χ2n) is 6.62. The molecule has 2 atom stereocenters. The molecule has 0 spiro atoms. The fourth-order valence-corrected chi connectivity index (χ4v) is 3.67. The maximum Gasteiger partial charge on any atom is 0.323 e. The molecule has 0 aromatic rings. The molecule has 25 heavy (non-hydrogen) atoms. The molecule has 4 nitrogen and oxygen atoms in total. The number of ether oxygens (including phenoxy) is 2. The minimum atomic E-state index is -1.19. The molecule has 0 saturated heterocycles. The summed E-state index contributed by atoms with van der Waals surface area (Å²) in [5.41, 5.74) is -0.0637. The van der Waals surface area contributed by atoms with Crippen LogP contribution in [0.4, 0.5) is 0 Å². The van der Waals surface area contributed by atoms with Gasteiger partial charge in [0.1, 0.15) is 0 Å². The topological polar surface area (TPSA) is 52.6 Å². The van der Waals surface area contributed by atoms with Crippen LogP contribution in [0.15, 0.2) is 36.5 Å². The number of esters is 2. The monoisotopic (exact) mass is 348 g/mol. The number of carbonyl (C=O) groups excluding carboxylic acids is 2. The second-order valence-corrected chi connectivity index (χ2v) is 6.62. The minimum Gasteiger partial charge on any atom is -0.465 e. The summed E-state index contributed by atoms with van der Waals surface area (Å²) in [6.45, 7) is 11.9. The lowest BCUT2D eigenvalue weighted by Crippen LogP contribution is -2.47. The zero-order valence-electron chi connectivity index (χ0n) is 16.0. The van der Waals surface area contributed by atoms with Crippen LogP contribution in [0.1, 0.15) is 53.4 Å². The molecule has 0 amide bonds. The van der Waals surface area contributed by atoms with Crippen molar-refractivity contribution in [2.24, 2.45) is 17.3 Å². The fourth-order valence-electron chi connectivity index (χ4n) is 3.67. The van der Waals surface area contributed by atoms with Gasteiger partial charge in [0.2, 0.25) is 0 Å². The van der Waals surface area contributed by atoms with E-state index >= 15 is 0 Å². The Labute approximate surface area is 152 Å². The molecule has 1 fully saturated rings. The molecule has 1 rings (SSSR count). The van der Waals surface area contributed by atoms with Crippen LogP contribution in [-0.4, -0.2) is 25.2 Å². The van der Waals surface area contributed by atoms with Crippen molar-refractivity contribution in [1.82, 2.24) is 0 Å². The van der Waals surface area contributed by atoms with E-state index < -0.39 is 17.4 Å². The molecule has 0 aromatic heterocycles. The summed E-state index contributed by atoms with van der Waals surface area (Å²) >= 11 is 0. The van der Waals surface area contributed by atoms with Crippen LogP contribution in [0, 0.1) is 17.3 Å². The minimum absolute atomic E-state index is 0.108. The lowest BCUT2D eigenvalue weighted by molar-refractivity contribution is -0.176. The molecule has 1 aliphatic carbocycles. The summed E-state index contributed by atoms with van der Waals surface area (Å²) in [6.07, 6.45) is 10.6. The first-order valence-corrected chi connectivity index (χ1v) is 9.21. The molecule has 0 N–H and O–H groups in total. The van der Waals surface area contributed by atoms with E-state index in [2.05, 4.69) is 12.7 Å². The first-order chi connectivity index (χ1) is 11.9. The Kier molecular flexibility index (Phi) is 8.67. The molecule has 0 radical (unpaired) electrons. The average Bonchev–Trinajstić information content (AvgIpc) is 2.57. The Morgan fingerprint density at radius 1 is 1.20 bits per heavy atom. The van der Waals surface area contributed by atoms with E-state index in [9.17, 15) is 9.59 Å². The number of hydrogen-bond acceptors (Lipinski definition) is 4. The van der Waals surface area contributed by atoms with Crippen molar-refractivity contribution in [3.05, 3.63) is 36.5 Å². The molecular formula is C21H32O4. The van der Waals surface area contributed by atoms with Crippen molar-refractivity contribution in [2.75, 3.05) is 13.2 Å². The third-order valence-corrected chi connectivity index (χ3v) is 4.84. The molecule has 0 bridgehead atoms. The Hall–Kier alpha value is -1.84. The summed E-state index contributed by atoms with van der Waals surface area (Å²) in [5, 5.41) is 0. The van der Waals surface area contributed by atoms with Gasteiger partial charge in [-0.25, -0.2) is 0 Å². The van der Waals surface area contributed by atoms with E-state index in [1.807, 2.05) is 32.1 Å². The van der Waals surface area contributed by atoms with Gasteiger partial charge in [-0.1, -0.05) is 29.9 Å². The zero-order chi connectivity index (χ0) is 18.9. The average molecular weight is 348 g/mol. The predicted molar refractivity (Wildman–Crippen MR) is 99.9 cm³/mol. The number of hydrogen-bond donors (Lipinski definition) is 0. The summed E-state index contributed by atoms with van der Waals surface area (Å²) < 4.78 is 10.5. The standard InChI is InChI=1S/C21H32O4/c1-6-10-16(5)14-18-15-21(19(22)24-8-3,20(23)25-9-4)13-12-17(18)11-7-2/h6-7,10,14,17-18H,2,8-9,11-13,15H2,1,3-5H3/b10-6+,16-14+/t17-,18-/m1/s1. The third kappa shape index (κ3) is 5.32. The van der Waals surface area contributed by atoms with Gasteiger partial charge in [-0.2, -0.15) is 0 Å². The van der Waals surface area contributed by atoms with Crippen LogP contribution in [-0.2, 0) is 19.1 Å². The van der Waals surface area contributed by atoms with Crippen molar-refractivity contribution < 1.29 is 19.1 Å². The molecule has 140 valence electrons. The van der Waals surface area contributed by atoms with Gasteiger partial charge >= 0.3 is 11.9 Å². The second kappa shape index (κ2) is 10.2. The van der Waals surface area contributed by atoms with E-state index in [0.29, 0.717) is 18.8 Å². The molecule has 1 aliphatic rings. The maximum atomic E-state index is 12.7.